The summed E-state index contributed by atoms with van der Waals surface area (Å²) in [4.78, 5) is 3.99. The molecule has 2 aliphatic carbocycles. The van der Waals surface area contributed by atoms with Crippen LogP contribution in [-0.4, -0.2) is 10.4 Å². The van der Waals surface area contributed by atoms with Crippen molar-refractivity contribution in [3.63, 3.8) is 0 Å². The third kappa shape index (κ3) is 1.84. The lowest BCUT2D eigenvalue weighted by molar-refractivity contribution is 0.559. The van der Waals surface area contributed by atoms with Gasteiger partial charge in [0.1, 0.15) is 0 Å². The number of hydrogen-bond acceptors (Lipinski definition) is 1. The standard InChI is InChI=1S/C13H15Cl2N/c14-11(13-9-2-1-3-10(9)13)6-8-4-5-16-7-12(8)15/h4-5,7,9-11,13H,1-3,6H2. The van der Waals surface area contributed by atoms with Crippen molar-refractivity contribution in [3.8, 4) is 0 Å². The molecule has 0 saturated heterocycles. The zero-order valence-corrected chi connectivity index (χ0v) is 10.6. The van der Waals surface area contributed by atoms with Crippen LogP contribution in [0.4, 0.5) is 0 Å². The number of nitrogens with zero attached hydrogens (tertiary/aromatic N) is 1. The van der Waals surface area contributed by atoms with Crippen molar-refractivity contribution in [2.45, 2.75) is 31.1 Å². The second-order valence-corrected chi connectivity index (χ2v) is 5.99. The summed E-state index contributed by atoms with van der Waals surface area (Å²) in [5.41, 5.74) is 1.14. The number of pyridine rings is 1. The van der Waals surface area contributed by atoms with Crippen LogP contribution in [0.2, 0.25) is 5.02 Å². The fourth-order valence-electron chi connectivity index (χ4n) is 3.33. The van der Waals surface area contributed by atoms with Crippen LogP contribution in [0.5, 0.6) is 0 Å². The number of alkyl halides is 1. The van der Waals surface area contributed by atoms with Crippen molar-refractivity contribution in [3.05, 3.63) is 29.0 Å². The van der Waals surface area contributed by atoms with Gasteiger partial charge in [0, 0.05) is 17.8 Å². The van der Waals surface area contributed by atoms with Gasteiger partial charge in [0.2, 0.25) is 0 Å². The third-order valence-corrected chi connectivity index (χ3v) is 4.95. The van der Waals surface area contributed by atoms with E-state index in [-0.39, 0.29) is 5.38 Å². The molecule has 0 radical (unpaired) electrons. The van der Waals surface area contributed by atoms with Gasteiger partial charge in [0.15, 0.2) is 0 Å². The van der Waals surface area contributed by atoms with Crippen LogP contribution in [0.15, 0.2) is 18.5 Å². The summed E-state index contributed by atoms with van der Waals surface area (Å²) in [6, 6.07) is 1.98. The van der Waals surface area contributed by atoms with E-state index in [2.05, 4.69) is 4.98 Å². The normalized spacial score (nSPS) is 33.5. The molecule has 0 amide bonds. The maximum Gasteiger partial charge on any atom is 0.0621 e. The fraction of sp³-hybridized carbons (Fsp3) is 0.615. The molecule has 2 aliphatic rings. The van der Waals surface area contributed by atoms with E-state index in [4.69, 9.17) is 23.2 Å². The van der Waals surface area contributed by atoms with Crippen LogP contribution in [0.3, 0.4) is 0 Å². The summed E-state index contributed by atoms with van der Waals surface area (Å²) in [5, 5.41) is 1.01. The quantitative estimate of drug-likeness (QED) is 0.746. The van der Waals surface area contributed by atoms with Crippen LogP contribution in [0, 0.1) is 17.8 Å². The summed E-state index contributed by atoms with van der Waals surface area (Å²) >= 11 is 12.6. The highest BCUT2D eigenvalue weighted by Crippen LogP contribution is 2.60. The molecule has 1 aromatic rings. The lowest BCUT2D eigenvalue weighted by Gasteiger charge is -2.12. The fourth-order valence-corrected chi connectivity index (χ4v) is 4.07. The minimum absolute atomic E-state index is 0.259. The molecule has 1 aromatic heterocycles. The Labute approximate surface area is 106 Å². The van der Waals surface area contributed by atoms with Crippen LogP contribution < -0.4 is 0 Å². The predicted octanol–water partition coefficient (Wildman–Crippen LogP) is 3.93. The minimum Gasteiger partial charge on any atom is -0.263 e. The van der Waals surface area contributed by atoms with Crippen LogP contribution in [-0.2, 0) is 6.42 Å². The lowest BCUT2D eigenvalue weighted by atomic mass is 10.0. The van der Waals surface area contributed by atoms with Crippen molar-refractivity contribution < 1.29 is 0 Å². The molecule has 3 atom stereocenters. The van der Waals surface area contributed by atoms with E-state index in [0.29, 0.717) is 0 Å². The first-order chi connectivity index (χ1) is 7.77. The van der Waals surface area contributed by atoms with Gasteiger partial charge < -0.3 is 0 Å². The number of hydrogen-bond donors (Lipinski definition) is 0. The Morgan fingerprint density at radius 2 is 2.12 bits per heavy atom. The molecule has 2 saturated carbocycles. The molecular weight excluding hydrogens is 241 g/mol. The zero-order chi connectivity index (χ0) is 11.1. The van der Waals surface area contributed by atoms with Crippen molar-refractivity contribution in [1.29, 1.82) is 0 Å². The summed E-state index contributed by atoms with van der Waals surface area (Å²) in [5.74, 6) is 2.59. The summed E-state index contributed by atoms with van der Waals surface area (Å²) in [7, 11) is 0. The van der Waals surface area contributed by atoms with Gasteiger partial charge >= 0.3 is 0 Å². The number of aromatic nitrogens is 1. The van der Waals surface area contributed by atoms with Gasteiger partial charge in [-0.1, -0.05) is 18.0 Å². The average Bonchev–Trinajstić information content (AvgIpc) is 2.76. The molecule has 1 nitrogen and oxygen atoms in total. The van der Waals surface area contributed by atoms with E-state index in [9.17, 15) is 0 Å². The molecule has 0 bridgehead atoms. The molecule has 16 heavy (non-hydrogen) atoms. The Kier molecular flexibility index (Phi) is 2.85. The van der Waals surface area contributed by atoms with E-state index >= 15 is 0 Å². The van der Waals surface area contributed by atoms with Gasteiger partial charge in [0.05, 0.1) is 5.02 Å². The molecule has 1 heterocycles. The number of fused-ring (bicyclic) bond motifs is 1. The first-order valence-corrected chi connectivity index (χ1v) is 6.81. The summed E-state index contributed by atoms with van der Waals surface area (Å²) in [6.45, 7) is 0. The Morgan fingerprint density at radius 1 is 1.38 bits per heavy atom. The molecule has 2 fully saturated rings. The van der Waals surface area contributed by atoms with E-state index in [0.717, 1.165) is 34.8 Å². The minimum atomic E-state index is 0.259. The topological polar surface area (TPSA) is 12.9 Å². The Hall–Kier alpha value is -0.270. The molecule has 3 unspecified atom stereocenters. The van der Waals surface area contributed by atoms with Gasteiger partial charge in [-0.25, -0.2) is 0 Å². The second kappa shape index (κ2) is 4.19. The Bertz CT molecular complexity index is 383. The molecule has 3 heteroatoms. The highest BCUT2D eigenvalue weighted by molar-refractivity contribution is 6.31. The third-order valence-electron chi connectivity index (χ3n) is 4.16. The van der Waals surface area contributed by atoms with Crippen molar-refractivity contribution in [1.82, 2.24) is 4.98 Å². The van der Waals surface area contributed by atoms with Gasteiger partial charge in [0.25, 0.3) is 0 Å². The summed E-state index contributed by atoms with van der Waals surface area (Å²) in [6.07, 6.45) is 8.57. The molecule has 0 aliphatic heterocycles. The molecule has 86 valence electrons. The number of rotatable bonds is 3. The molecule has 0 spiro atoms. The van der Waals surface area contributed by atoms with Gasteiger partial charge in [-0.05, 0) is 48.6 Å². The van der Waals surface area contributed by atoms with Crippen LogP contribution in [0.1, 0.15) is 24.8 Å². The van der Waals surface area contributed by atoms with E-state index in [1.165, 1.54) is 19.3 Å². The average molecular weight is 256 g/mol. The maximum absolute atomic E-state index is 6.51. The van der Waals surface area contributed by atoms with Gasteiger partial charge in [-0.2, -0.15) is 0 Å². The first-order valence-electron chi connectivity index (χ1n) is 6.00. The van der Waals surface area contributed by atoms with Crippen LogP contribution >= 0.6 is 23.2 Å². The van der Waals surface area contributed by atoms with Crippen molar-refractivity contribution >= 4 is 23.2 Å². The molecule has 0 aromatic carbocycles. The monoisotopic (exact) mass is 255 g/mol. The summed E-state index contributed by atoms with van der Waals surface area (Å²) < 4.78 is 0. The Balaban J connectivity index is 1.65. The van der Waals surface area contributed by atoms with Crippen LogP contribution in [0.25, 0.3) is 0 Å². The maximum atomic E-state index is 6.51. The first kappa shape index (κ1) is 10.9. The SMILES string of the molecule is Clc1cnccc1CC(Cl)C1C2CCCC21. The van der Waals surface area contributed by atoms with E-state index in [1.54, 1.807) is 12.4 Å². The zero-order valence-electron chi connectivity index (χ0n) is 9.07. The Morgan fingerprint density at radius 3 is 2.81 bits per heavy atom. The van der Waals surface area contributed by atoms with E-state index in [1.807, 2.05) is 6.07 Å². The molecule has 0 N–H and O–H groups in total. The van der Waals surface area contributed by atoms with E-state index < -0.39 is 0 Å². The van der Waals surface area contributed by atoms with Crippen molar-refractivity contribution in [2.75, 3.05) is 0 Å². The second-order valence-electron chi connectivity index (χ2n) is 5.02. The number of halogens is 2. The molecule has 3 rings (SSSR count). The lowest BCUT2D eigenvalue weighted by Crippen LogP contribution is -2.10. The predicted molar refractivity (Wildman–Crippen MR) is 66.9 cm³/mol. The largest absolute Gasteiger partial charge is 0.263 e. The highest BCUT2D eigenvalue weighted by Gasteiger charge is 2.55. The van der Waals surface area contributed by atoms with Gasteiger partial charge in [-0.3, -0.25) is 4.98 Å². The highest BCUT2D eigenvalue weighted by atomic mass is 35.5. The van der Waals surface area contributed by atoms with Crippen molar-refractivity contribution in [2.24, 2.45) is 17.8 Å². The molecular formula is C13H15Cl2N. The smallest absolute Gasteiger partial charge is 0.0621 e. The van der Waals surface area contributed by atoms with Gasteiger partial charge in [-0.15, -0.1) is 11.6 Å².